The van der Waals surface area contributed by atoms with Crippen molar-refractivity contribution in [3.8, 4) is 17.2 Å². The van der Waals surface area contributed by atoms with Crippen LogP contribution in [-0.2, 0) is 13.1 Å². The van der Waals surface area contributed by atoms with Gasteiger partial charge in [0.15, 0.2) is 0 Å². The van der Waals surface area contributed by atoms with E-state index in [9.17, 15) is 0 Å². The van der Waals surface area contributed by atoms with Gasteiger partial charge in [-0.2, -0.15) is 5.26 Å². The van der Waals surface area contributed by atoms with Gasteiger partial charge in [-0.25, -0.2) is 4.98 Å². The monoisotopic (exact) mass is 403 g/mol. The summed E-state index contributed by atoms with van der Waals surface area (Å²) in [4.78, 5) is 7.69. The maximum atomic E-state index is 8.97. The molecule has 31 heavy (non-hydrogen) atoms. The van der Waals surface area contributed by atoms with Gasteiger partial charge in [-0.3, -0.25) is 0 Å². The number of hydrogen-bond donors (Lipinski definition) is 2. The molecule has 5 rings (SSSR count). The molecule has 0 aliphatic rings. The minimum Gasteiger partial charge on any atom is -0.379 e. The van der Waals surface area contributed by atoms with Crippen LogP contribution in [-0.4, -0.2) is 14.5 Å². The Balaban J connectivity index is 1.33. The molecule has 0 spiro atoms. The molecule has 0 saturated heterocycles. The fourth-order valence-corrected chi connectivity index (χ4v) is 3.80. The number of hydrogen-bond acceptors (Lipinski definition) is 3. The molecule has 2 heterocycles. The number of nitriles is 1. The van der Waals surface area contributed by atoms with Gasteiger partial charge in [0.1, 0.15) is 0 Å². The Morgan fingerprint density at radius 2 is 1.84 bits per heavy atom. The Morgan fingerprint density at radius 1 is 1.00 bits per heavy atom. The molecule has 0 atom stereocenters. The fraction of sp³-hybridized carbons (Fsp3) is 0.0769. The summed E-state index contributed by atoms with van der Waals surface area (Å²) in [6.45, 7) is 1.39. The predicted octanol–water partition coefficient (Wildman–Crippen LogP) is 5.56. The number of nitrogens with zero attached hydrogens (tertiary/aromatic N) is 3. The molecule has 0 fully saturated rings. The van der Waals surface area contributed by atoms with E-state index < -0.39 is 0 Å². The number of benzene rings is 3. The van der Waals surface area contributed by atoms with Crippen LogP contribution in [0, 0.1) is 11.3 Å². The van der Waals surface area contributed by atoms with Crippen molar-refractivity contribution in [1.82, 2.24) is 14.5 Å². The summed E-state index contributed by atoms with van der Waals surface area (Å²) in [5.41, 5.74) is 7.50. The van der Waals surface area contributed by atoms with Gasteiger partial charge in [-0.05, 0) is 41.5 Å². The molecule has 0 amide bonds. The Morgan fingerprint density at radius 3 is 2.65 bits per heavy atom. The molecule has 5 aromatic rings. The van der Waals surface area contributed by atoms with Gasteiger partial charge >= 0.3 is 0 Å². The molecule has 0 bridgehead atoms. The second-order valence-corrected chi connectivity index (χ2v) is 7.50. The number of imidazole rings is 1. The topological polar surface area (TPSA) is 69.4 Å². The highest BCUT2D eigenvalue weighted by molar-refractivity contribution is 5.97. The highest BCUT2D eigenvalue weighted by atomic mass is 15.1. The maximum Gasteiger partial charge on any atom is 0.0991 e. The first-order valence-electron chi connectivity index (χ1n) is 10.2. The van der Waals surface area contributed by atoms with Crippen molar-refractivity contribution in [1.29, 1.82) is 5.26 Å². The number of aromatic nitrogens is 3. The Labute approximate surface area is 180 Å². The third-order valence-corrected chi connectivity index (χ3v) is 5.47. The molecular formula is C26H21N5. The molecule has 0 aliphatic heterocycles. The number of anilines is 1. The van der Waals surface area contributed by atoms with Gasteiger partial charge in [0, 0.05) is 41.1 Å². The third kappa shape index (κ3) is 3.92. The van der Waals surface area contributed by atoms with Crippen LogP contribution in [0.1, 0.15) is 16.8 Å². The summed E-state index contributed by atoms with van der Waals surface area (Å²) in [5.74, 6) is 0. The van der Waals surface area contributed by atoms with Crippen LogP contribution >= 0.6 is 0 Å². The molecule has 2 N–H and O–H groups in total. The van der Waals surface area contributed by atoms with E-state index in [2.05, 4.69) is 74.6 Å². The van der Waals surface area contributed by atoms with Gasteiger partial charge in [0.05, 0.1) is 30.2 Å². The molecule has 2 aromatic heterocycles. The third-order valence-electron chi connectivity index (χ3n) is 5.47. The Kier molecular flexibility index (Phi) is 4.96. The molecule has 150 valence electrons. The summed E-state index contributed by atoms with van der Waals surface area (Å²) in [5, 5.41) is 13.7. The van der Waals surface area contributed by atoms with Crippen LogP contribution in [0.3, 0.4) is 0 Å². The molecule has 0 radical (unpaired) electrons. The molecule has 0 unspecified atom stereocenters. The van der Waals surface area contributed by atoms with Gasteiger partial charge in [-0.1, -0.05) is 42.5 Å². The average Bonchev–Trinajstić information content (AvgIpc) is 3.45. The molecule has 0 aliphatic carbocycles. The summed E-state index contributed by atoms with van der Waals surface area (Å²) in [6, 6.07) is 26.6. The van der Waals surface area contributed by atoms with E-state index in [0.29, 0.717) is 12.1 Å². The highest BCUT2D eigenvalue weighted by Gasteiger charge is 2.08. The van der Waals surface area contributed by atoms with Crippen LogP contribution in [0.15, 0.2) is 91.5 Å². The molecule has 5 heteroatoms. The normalized spacial score (nSPS) is 10.8. The first-order valence-corrected chi connectivity index (χ1v) is 10.2. The van der Waals surface area contributed by atoms with Crippen LogP contribution in [0.4, 0.5) is 5.69 Å². The van der Waals surface area contributed by atoms with E-state index in [1.165, 1.54) is 16.5 Å². The minimum atomic E-state index is 0.672. The second-order valence-electron chi connectivity index (χ2n) is 7.50. The van der Waals surface area contributed by atoms with E-state index in [1.807, 2.05) is 42.9 Å². The summed E-state index contributed by atoms with van der Waals surface area (Å²) < 4.78 is 2.12. The summed E-state index contributed by atoms with van der Waals surface area (Å²) in [7, 11) is 0. The van der Waals surface area contributed by atoms with Crippen LogP contribution in [0.25, 0.3) is 22.0 Å². The Bertz CT molecular complexity index is 1350. The van der Waals surface area contributed by atoms with E-state index in [0.717, 1.165) is 29.0 Å². The quantitative estimate of drug-likeness (QED) is 0.390. The lowest BCUT2D eigenvalue weighted by Gasteiger charge is -2.11. The zero-order valence-corrected chi connectivity index (χ0v) is 16.9. The van der Waals surface area contributed by atoms with Crippen molar-refractivity contribution < 1.29 is 0 Å². The summed E-state index contributed by atoms with van der Waals surface area (Å²) in [6.07, 6.45) is 5.80. The van der Waals surface area contributed by atoms with Crippen molar-refractivity contribution in [2.75, 3.05) is 5.32 Å². The first-order chi connectivity index (χ1) is 15.3. The van der Waals surface area contributed by atoms with E-state index in [1.54, 1.807) is 0 Å². The van der Waals surface area contributed by atoms with Gasteiger partial charge in [0.2, 0.25) is 0 Å². The Hall–Kier alpha value is -4.30. The summed E-state index contributed by atoms with van der Waals surface area (Å²) >= 11 is 0. The van der Waals surface area contributed by atoms with Gasteiger partial charge < -0.3 is 14.9 Å². The molecule has 0 saturated carbocycles. The first kappa shape index (κ1) is 18.7. The lowest BCUT2D eigenvalue weighted by molar-refractivity contribution is 0.749. The van der Waals surface area contributed by atoms with Crippen LogP contribution in [0.2, 0.25) is 0 Å². The van der Waals surface area contributed by atoms with Gasteiger partial charge in [0.25, 0.3) is 0 Å². The lowest BCUT2D eigenvalue weighted by atomic mass is 10.0. The average molecular weight is 403 g/mol. The predicted molar refractivity (Wildman–Crippen MR) is 124 cm³/mol. The number of rotatable bonds is 6. The standard InChI is InChI=1S/C26H21N5/c27-13-19-6-8-20(9-7-19)17-31-18-28-14-23(31)15-29-22-10-11-26-24(12-22)25(16-30-26)21-4-2-1-3-5-21/h1-12,14,16,18,29-30H,15,17H2. The van der Waals surface area contributed by atoms with Crippen LogP contribution in [0.5, 0.6) is 0 Å². The highest BCUT2D eigenvalue weighted by Crippen LogP contribution is 2.30. The smallest absolute Gasteiger partial charge is 0.0991 e. The zero-order chi connectivity index (χ0) is 21.0. The maximum absolute atomic E-state index is 8.97. The van der Waals surface area contributed by atoms with E-state index in [-0.39, 0.29) is 0 Å². The van der Waals surface area contributed by atoms with Crippen molar-refractivity contribution in [2.45, 2.75) is 13.1 Å². The minimum absolute atomic E-state index is 0.672. The van der Waals surface area contributed by atoms with Crippen molar-refractivity contribution >= 4 is 16.6 Å². The van der Waals surface area contributed by atoms with Crippen LogP contribution < -0.4 is 5.32 Å². The fourth-order valence-electron chi connectivity index (χ4n) is 3.80. The molecular weight excluding hydrogens is 382 g/mol. The van der Waals surface area contributed by atoms with E-state index >= 15 is 0 Å². The lowest BCUT2D eigenvalue weighted by Crippen LogP contribution is -2.08. The van der Waals surface area contributed by atoms with Gasteiger partial charge in [-0.15, -0.1) is 0 Å². The number of nitrogens with one attached hydrogen (secondary N) is 2. The number of H-pyrrole nitrogens is 1. The molecule has 3 aromatic carbocycles. The van der Waals surface area contributed by atoms with Crippen molar-refractivity contribution in [2.24, 2.45) is 0 Å². The zero-order valence-electron chi connectivity index (χ0n) is 16.9. The SMILES string of the molecule is N#Cc1ccc(Cn2cncc2CNc2ccc3[nH]cc(-c4ccccc4)c3c2)cc1. The second kappa shape index (κ2) is 8.21. The largest absolute Gasteiger partial charge is 0.379 e. The van der Waals surface area contributed by atoms with Crippen molar-refractivity contribution in [3.05, 3.63) is 108 Å². The number of fused-ring (bicyclic) bond motifs is 1. The van der Waals surface area contributed by atoms with Crippen molar-refractivity contribution in [3.63, 3.8) is 0 Å². The van der Waals surface area contributed by atoms with E-state index in [4.69, 9.17) is 5.26 Å². The number of aromatic amines is 1. The molecule has 5 nitrogen and oxygen atoms in total.